The predicted octanol–water partition coefficient (Wildman–Crippen LogP) is 3.85. The van der Waals surface area contributed by atoms with Gasteiger partial charge in [-0.1, -0.05) is 35.1 Å². The number of benzene rings is 2. The van der Waals surface area contributed by atoms with Gasteiger partial charge in [-0.3, -0.25) is 4.79 Å². The molecule has 5 nitrogen and oxygen atoms in total. The van der Waals surface area contributed by atoms with Gasteiger partial charge in [0.25, 0.3) is 0 Å². The van der Waals surface area contributed by atoms with Crippen LogP contribution in [0.1, 0.15) is 29.5 Å². The molecule has 0 aliphatic carbocycles. The first-order chi connectivity index (χ1) is 13.2. The molecular weight excluding hydrogens is 392 g/mol. The summed E-state index contributed by atoms with van der Waals surface area (Å²) in [7, 11) is -1.48. The first kappa shape index (κ1) is 20.5. The van der Waals surface area contributed by atoms with Gasteiger partial charge in [0.2, 0.25) is 5.91 Å². The van der Waals surface area contributed by atoms with Crippen molar-refractivity contribution in [2.75, 3.05) is 5.75 Å². The fourth-order valence-corrected chi connectivity index (χ4v) is 5.48. The lowest BCUT2D eigenvalue weighted by atomic mass is 10.1. The van der Waals surface area contributed by atoms with Crippen LogP contribution in [0.15, 0.2) is 46.3 Å². The van der Waals surface area contributed by atoms with E-state index in [0.717, 1.165) is 15.8 Å². The van der Waals surface area contributed by atoms with E-state index in [1.807, 2.05) is 24.6 Å². The number of fused-ring (bicyclic) bond motifs is 1. The lowest BCUT2D eigenvalue weighted by Crippen LogP contribution is -2.14. The lowest BCUT2D eigenvalue weighted by Gasteiger charge is -2.04. The number of carbonyl (C=O) groups is 1. The number of thiazole rings is 1. The van der Waals surface area contributed by atoms with Crippen LogP contribution in [-0.2, 0) is 21.7 Å². The number of hydrogen-bond acceptors (Lipinski definition) is 4. The maximum absolute atomic E-state index is 12.4. The van der Waals surface area contributed by atoms with E-state index in [4.69, 9.17) is 0 Å². The summed E-state index contributed by atoms with van der Waals surface area (Å²) in [5.41, 5.74) is 4.46. The molecule has 0 radical (unpaired) electrons. The molecule has 2 aromatic carbocycles. The standard InChI is InChI=1S/C21H24N2O3S2/c1-14-7-10-17(11-8-14)28(25,26)13-5-6-19(24)22-21-23(4)20-16(3)15(2)9-12-18(20)27-21/h7-12H,5-6,13H2,1-4H3. The largest absolute Gasteiger partial charge is 0.319 e. The Labute approximate surface area is 169 Å². The van der Waals surface area contributed by atoms with Crippen molar-refractivity contribution in [1.82, 2.24) is 4.57 Å². The van der Waals surface area contributed by atoms with Crippen LogP contribution in [0, 0.1) is 20.8 Å². The maximum atomic E-state index is 12.4. The van der Waals surface area contributed by atoms with E-state index < -0.39 is 9.84 Å². The number of hydrogen-bond donors (Lipinski definition) is 0. The first-order valence-electron chi connectivity index (χ1n) is 9.12. The lowest BCUT2D eigenvalue weighted by molar-refractivity contribution is -0.118. The van der Waals surface area contributed by atoms with Gasteiger partial charge in [-0.25, -0.2) is 8.42 Å². The minimum absolute atomic E-state index is 0.0613. The number of aromatic nitrogens is 1. The minimum atomic E-state index is -3.38. The van der Waals surface area contributed by atoms with Crippen LogP contribution < -0.4 is 4.80 Å². The number of rotatable bonds is 5. The summed E-state index contributed by atoms with van der Waals surface area (Å²) in [5.74, 6) is -0.357. The number of sulfone groups is 1. The van der Waals surface area contributed by atoms with E-state index >= 15 is 0 Å². The van der Waals surface area contributed by atoms with E-state index in [2.05, 4.69) is 24.9 Å². The molecule has 0 fully saturated rings. The van der Waals surface area contributed by atoms with Crippen molar-refractivity contribution in [2.24, 2.45) is 12.0 Å². The molecule has 0 N–H and O–H groups in total. The summed E-state index contributed by atoms with van der Waals surface area (Å²) in [6.45, 7) is 6.03. The molecule has 1 aromatic heterocycles. The van der Waals surface area contributed by atoms with Crippen LogP contribution in [0.2, 0.25) is 0 Å². The van der Waals surface area contributed by atoms with Gasteiger partial charge in [-0.2, -0.15) is 4.99 Å². The van der Waals surface area contributed by atoms with Crippen molar-refractivity contribution in [3.8, 4) is 0 Å². The summed E-state index contributed by atoms with van der Waals surface area (Å²) in [4.78, 5) is 17.4. The third-order valence-electron chi connectivity index (χ3n) is 4.89. The molecule has 0 atom stereocenters. The number of aryl methyl sites for hydroxylation is 4. The van der Waals surface area contributed by atoms with Crippen molar-refractivity contribution < 1.29 is 13.2 Å². The second-order valence-electron chi connectivity index (χ2n) is 7.04. The average molecular weight is 417 g/mol. The molecule has 1 amide bonds. The van der Waals surface area contributed by atoms with Crippen molar-refractivity contribution in [3.63, 3.8) is 0 Å². The van der Waals surface area contributed by atoms with Gasteiger partial charge >= 0.3 is 0 Å². The van der Waals surface area contributed by atoms with Crippen LogP contribution in [0.4, 0.5) is 0 Å². The van der Waals surface area contributed by atoms with E-state index in [1.54, 1.807) is 24.3 Å². The summed E-state index contributed by atoms with van der Waals surface area (Å²) < 4.78 is 27.8. The molecule has 1 heterocycles. The maximum Gasteiger partial charge on any atom is 0.248 e. The second kappa shape index (κ2) is 8.01. The van der Waals surface area contributed by atoms with Crippen LogP contribution in [0.25, 0.3) is 10.2 Å². The molecule has 0 bridgehead atoms. The van der Waals surface area contributed by atoms with Gasteiger partial charge in [-0.05, 0) is 56.5 Å². The third-order valence-corrected chi connectivity index (χ3v) is 7.81. The smallest absolute Gasteiger partial charge is 0.248 e. The molecule has 0 spiro atoms. The Kier molecular flexibility index (Phi) is 5.86. The van der Waals surface area contributed by atoms with E-state index in [-0.39, 0.29) is 24.5 Å². The molecule has 28 heavy (non-hydrogen) atoms. The van der Waals surface area contributed by atoms with Crippen molar-refractivity contribution in [2.45, 2.75) is 38.5 Å². The van der Waals surface area contributed by atoms with Gasteiger partial charge in [0, 0.05) is 13.5 Å². The van der Waals surface area contributed by atoms with Gasteiger partial charge in [0.1, 0.15) is 0 Å². The molecule has 0 aliphatic heterocycles. The van der Waals surface area contributed by atoms with Crippen LogP contribution in [0.3, 0.4) is 0 Å². The summed E-state index contributed by atoms with van der Waals surface area (Å²) >= 11 is 1.47. The Balaban J connectivity index is 1.72. The molecule has 3 rings (SSSR count). The van der Waals surface area contributed by atoms with Crippen LogP contribution >= 0.6 is 11.3 Å². The molecule has 3 aromatic rings. The summed E-state index contributed by atoms with van der Waals surface area (Å²) in [6.07, 6.45) is 0.364. The Bertz CT molecular complexity index is 1200. The highest BCUT2D eigenvalue weighted by atomic mass is 32.2. The Hall–Kier alpha value is -2.25. The zero-order valence-electron chi connectivity index (χ0n) is 16.5. The van der Waals surface area contributed by atoms with Crippen molar-refractivity contribution >= 4 is 37.3 Å². The van der Waals surface area contributed by atoms with Crippen LogP contribution in [0.5, 0.6) is 0 Å². The SMILES string of the molecule is Cc1ccc(S(=O)(=O)CCCC(=O)N=c2sc3ccc(C)c(C)c3n2C)cc1. The highest BCUT2D eigenvalue weighted by molar-refractivity contribution is 7.91. The normalized spacial score (nSPS) is 12.6. The molecule has 0 unspecified atom stereocenters. The van der Waals surface area contributed by atoms with E-state index in [9.17, 15) is 13.2 Å². The Morgan fingerprint density at radius 2 is 1.75 bits per heavy atom. The van der Waals surface area contributed by atoms with Crippen LogP contribution in [-0.4, -0.2) is 24.6 Å². The molecule has 0 saturated heterocycles. The molecular formula is C21H24N2O3S2. The zero-order chi connectivity index (χ0) is 20.5. The minimum Gasteiger partial charge on any atom is -0.319 e. The summed E-state index contributed by atoms with van der Waals surface area (Å²) in [5, 5.41) is 0. The van der Waals surface area contributed by atoms with Gasteiger partial charge < -0.3 is 4.57 Å². The number of nitrogens with zero attached hydrogens (tertiary/aromatic N) is 2. The van der Waals surface area contributed by atoms with Gasteiger partial charge in [0.15, 0.2) is 14.6 Å². The fraction of sp³-hybridized carbons (Fsp3) is 0.333. The van der Waals surface area contributed by atoms with Gasteiger partial charge in [0.05, 0.1) is 20.9 Å². The average Bonchev–Trinajstić information content (AvgIpc) is 2.95. The zero-order valence-corrected chi connectivity index (χ0v) is 18.2. The molecule has 7 heteroatoms. The predicted molar refractivity (Wildman–Crippen MR) is 113 cm³/mol. The quantitative estimate of drug-likeness (QED) is 0.634. The second-order valence-corrected chi connectivity index (χ2v) is 10.2. The monoisotopic (exact) mass is 416 g/mol. The molecule has 148 valence electrons. The van der Waals surface area contributed by atoms with E-state index in [1.165, 1.54) is 22.5 Å². The third kappa shape index (κ3) is 4.25. The highest BCUT2D eigenvalue weighted by Gasteiger charge is 2.15. The highest BCUT2D eigenvalue weighted by Crippen LogP contribution is 2.23. The molecule has 0 saturated carbocycles. The Morgan fingerprint density at radius 1 is 1.07 bits per heavy atom. The topological polar surface area (TPSA) is 68.5 Å². The summed E-state index contributed by atoms with van der Waals surface area (Å²) in [6, 6.07) is 10.9. The molecule has 0 aliphatic rings. The van der Waals surface area contributed by atoms with Crippen molar-refractivity contribution in [3.05, 3.63) is 57.9 Å². The Morgan fingerprint density at radius 3 is 2.43 bits per heavy atom. The fourth-order valence-electron chi connectivity index (χ4n) is 3.08. The number of amides is 1. The van der Waals surface area contributed by atoms with E-state index in [0.29, 0.717) is 9.70 Å². The first-order valence-corrected chi connectivity index (χ1v) is 11.6. The van der Waals surface area contributed by atoms with Crippen molar-refractivity contribution in [1.29, 1.82) is 0 Å². The van der Waals surface area contributed by atoms with Gasteiger partial charge in [-0.15, -0.1) is 0 Å². The number of carbonyl (C=O) groups excluding carboxylic acids is 1.